The van der Waals surface area contributed by atoms with Gasteiger partial charge < -0.3 is 14.8 Å². The van der Waals surface area contributed by atoms with E-state index in [-0.39, 0.29) is 18.4 Å². The van der Waals surface area contributed by atoms with Crippen molar-refractivity contribution in [2.75, 3.05) is 18.5 Å². The van der Waals surface area contributed by atoms with Crippen LogP contribution in [0.2, 0.25) is 0 Å². The number of amides is 1. The van der Waals surface area contributed by atoms with Crippen molar-refractivity contribution in [2.45, 2.75) is 39.3 Å². The summed E-state index contributed by atoms with van der Waals surface area (Å²) in [4.78, 5) is 23.5. The molecule has 0 radical (unpaired) electrons. The fourth-order valence-corrected chi connectivity index (χ4v) is 2.09. The summed E-state index contributed by atoms with van der Waals surface area (Å²) < 4.78 is 11.6. The van der Waals surface area contributed by atoms with Crippen LogP contribution in [0.15, 0.2) is 6.07 Å². The molecule has 0 aromatic carbocycles. The highest BCUT2D eigenvalue weighted by molar-refractivity contribution is 5.93. The highest BCUT2D eigenvalue weighted by Crippen LogP contribution is 2.16. The predicted octanol–water partition coefficient (Wildman–Crippen LogP) is 0.872. The van der Waals surface area contributed by atoms with Crippen LogP contribution in [0.3, 0.4) is 0 Å². The molecule has 20 heavy (non-hydrogen) atoms. The van der Waals surface area contributed by atoms with Gasteiger partial charge in [-0.1, -0.05) is 0 Å². The van der Waals surface area contributed by atoms with Crippen LogP contribution in [0.5, 0.6) is 0 Å². The number of esters is 1. The van der Waals surface area contributed by atoms with E-state index in [9.17, 15) is 9.59 Å². The molecule has 1 amide bonds. The summed E-state index contributed by atoms with van der Waals surface area (Å²) in [7, 11) is 0. The molecular weight excluding hydrogens is 262 g/mol. The number of anilines is 1. The van der Waals surface area contributed by atoms with Crippen LogP contribution in [0.4, 0.5) is 5.82 Å². The van der Waals surface area contributed by atoms with Crippen LogP contribution in [-0.4, -0.2) is 41.0 Å². The number of ether oxygens (including phenoxy) is 2. The van der Waals surface area contributed by atoms with Gasteiger partial charge in [0, 0.05) is 12.7 Å². The molecule has 0 aliphatic carbocycles. The number of rotatable bonds is 5. The molecule has 1 aromatic heterocycles. The Balaban J connectivity index is 2.03. The van der Waals surface area contributed by atoms with Crippen molar-refractivity contribution in [3.05, 3.63) is 11.8 Å². The number of carbonyl (C=O) groups is 2. The van der Waals surface area contributed by atoms with E-state index >= 15 is 0 Å². The normalized spacial score (nSPS) is 18.0. The fourth-order valence-electron chi connectivity index (χ4n) is 2.09. The monoisotopic (exact) mass is 281 g/mol. The van der Waals surface area contributed by atoms with Crippen LogP contribution in [0, 0.1) is 6.92 Å². The first-order valence-corrected chi connectivity index (χ1v) is 6.72. The predicted molar refractivity (Wildman–Crippen MR) is 71.2 cm³/mol. The maximum absolute atomic E-state index is 12.0. The number of nitrogens with zero attached hydrogens (tertiary/aromatic N) is 2. The second kappa shape index (κ2) is 6.51. The summed E-state index contributed by atoms with van der Waals surface area (Å²) in [5.74, 6) is -0.105. The van der Waals surface area contributed by atoms with E-state index < -0.39 is 6.10 Å². The number of hydrogen-bond donors (Lipinski definition) is 1. The highest BCUT2D eigenvalue weighted by Gasteiger charge is 2.24. The molecule has 0 spiro atoms. The van der Waals surface area contributed by atoms with E-state index in [1.54, 1.807) is 19.9 Å². The van der Waals surface area contributed by atoms with Crippen LogP contribution < -0.4 is 5.32 Å². The Morgan fingerprint density at radius 3 is 3.05 bits per heavy atom. The Morgan fingerprint density at radius 2 is 2.40 bits per heavy atom. The Labute approximate surface area is 117 Å². The number of nitrogens with one attached hydrogen (secondary N) is 1. The van der Waals surface area contributed by atoms with Gasteiger partial charge in [-0.2, -0.15) is 5.10 Å². The molecule has 1 N–H and O–H groups in total. The molecule has 7 nitrogen and oxygen atoms in total. The molecule has 1 atom stereocenters. The summed E-state index contributed by atoms with van der Waals surface area (Å²) in [6.07, 6.45) is 1.19. The summed E-state index contributed by atoms with van der Waals surface area (Å²) in [5, 5.41) is 6.92. The molecule has 0 bridgehead atoms. The van der Waals surface area contributed by atoms with Gasteiger partial charge in [-0.15, -0.1) is 0 Å². The van der Waals surface area contributed by atoms with Gasteiger partial charge in [0.2, 0.25) is 0 Å². The summed E-state index contributed by atoms with van der Waals surface area (Å²) >= 11 is 0. The molecule has 1 saturated heterocycles. The minimum absolute atomic E-state index is 0.0250. The second-order valence-electron chi connectivity index (χ2n) is 4.62. The number of hydrogen-bond acceptors (Lipinski definition) is 5. The van der Waals surface area contributed by atoms with Gasteiger partial charge >= 0.3 is 5.97 Å². The zero-order valence-corrected chi connectivity index (χ0v) is 11.7. The van der Waals surface area contributed by atoms with E-state index in [0.29, 0.717) is 19.0 Å². The summed E-state index contributed by atoms with van der Waals surface area (Å²) in [5.41, 5.74) is 0.719. The van der Waals surface area contributed by atoms with Crippen LogP contribution in [0.1, 0.15) is 25.5 Å². The van der Waals surface area contributed by atoms with Crippen LogP contribution in [0.25, 0.3) is 0 Å². The van der Waals surface area contributed by atoms with Gasteiger partial charge in [-0.3, -0.25) is 9.59 Å². The second-order valence-corrected chi connectivity index (χ2v) is 4.62. The minimum Gasteiger partial charge on any atom is -0.465 e. The van der Waals surface area contributed by atoms with Gasteiger partial charge in [-0.25, -0.2) is 4.68 Å². The highest BCUT2D eigenvalue weighted by atomic mass is 16.5. The Hall–Kier alpha value is -1.89. The van der Waals surface area contributed by atoms with Crippen molar-refractivity contribution >= 4 is 17.7 Å². The first-order valence-electron chi connectivity index (χ1n) is 6.72. The lowest BCUT2D eigenvalue weighted by molar-refractivity contribution is -0.144. The SMILES string of the molecule is CCOC(=O)Cn1nc(C)cc1NC(=O)[C@H]1CCCO1. The van der Waals surface area contributed by atoms with Gasteiger partial charge in [-0.05, 0) is 26.7 Å². The van der Waals surface area contributed by atoms with E-state index in [2.05, 4.69) is 10.4 Å². The van der Waals surface area contributed by atoms with Crippen molar-refractivity contribution in [1.29, 1.82) is 0 Å². The smallest absolute Gasteiger partial charge is 0.327 e. The molecular formula is C13H19N3O4. The quantitative estimate of drug-likeness (QED) is 0.810. The molecule has 110 valence electrons. The largest absolute Gasteiger partial charge is 0.465 e. The van der Waals surface area contributed by atoms with Gasteiger partial charge in [0.1, 0.15) is 18.5 Å². The maximum Gasteiger partial charge on any atom is 0.327 e. The molecule has 7 heteroatoms. The van der Waals surface area contributed by atoms with E-state index in [1.165, 1.54) is 4.68 Å². The van der Waals surface area contributed by atoms with Gasteiger partial charge in [0.05, 0.1) is 12.3 Å². The first-order chi connectivity index (χ1) is 9.60. The molecule has 2 rings (SSSR count). The van der Waals surface area contributed by atoms with Crippen molar-refractivity contribution in [1.82, 2.24) is 9.78 Å². The number of carbonyl (C=O) groups excluding carboxylic acids is 2. The molecule has 0 unspecified atom stereocenters. The van der Waals surface area contributed by atoms with Crippen molar-refractivity contribution in [3.8, 4) is 0 Å². The zero-order valence-electron chi connectivity index (χ0n) is 11.7. The van der Waals surface area contributed by atoms with E-state index in [0.717, 1.165) is 18.5 Å². The Bertz CT molecular complexity index is 492. The first kappa shape index (κ1) is 14.5. The average molecular weight is 281 g/mol. The third kappa shape index (κ3) is 3.57. The fraction of sp³-hybridized carbons (Fsp3) is 0.615. The average Bonchev–Trinajstić information content (AvgIpc) is 3.00. The number of aryl methyl sites for hydroxylation is 1. The molecule has 1 fully saturated rings. The molecule has 1 aliphatic heterocycles. The van der Waals surface area contributed by atoms with Crippen molar-refractivity contribution in [3.63, 3.8) is 0 Å². The lowest BCUT2D eigenvalue weighted by atomic mass is 10.2. The third-order valence-electron chi connectivity index (χ3n) is 2.96. The molecule has 1 aromatic rings. The molecule has 1 aliphatic rings. The van der Waals surface area contributed by atoms with Crippen LogP contribution >= 0.6 is 0 Å². The van der Waals surface area contributed by atoms with Crippen molar-refractivity contribution in [2.24, 2.45) is 0 Å². The summed E-state index contributed by atoms with van der Waals surface area (Å²) in [6.45, 7) is 4.44. The minimum atomic E-state index is -0.416. The van der Waals surface area contributed by atoms with Crippen LogP contribution in [-0.2, 0) is 25.6 Å². The van der Waals surface area contributed by atoms with E-state index in [1.807, 2.05) is 0 Å². The lowest BCUT2D eigenvalue weighted by Gasteiger charge is -2.11. The topological polar surface area (TPSA) is 82.5 Å². The maximum atomic E-state index is 12.0. The van der Waals surface area contributed by atoms with E-state index in [4.69, 9.17) is 9.47 Å². The summed E-state index contributed by atoms with van der Waals surface area (Å²) in [6, 6.07) is 1.71. The molecule has 0 saturated carbocycles. The third-order valence-corrected chi connectivity index (χ3v) is 2.96. The number of aromatic nitrogens is 2. The lowest BCUT2D eigenvalue weighted by Crippen LogP contribution is -2.28. The van der Waals surface area contributed by atoms with Gasteiger partial charge in [0.15, 0.2) is 0 Å². The van der Waals surface area contributed by atoms with Crippen molar-refractivity contribution < 1.29 is 19.1 Å². The Kier molecular flexibility index (Phi) is 4.73. The zero-order chi connectivity index (χ0) is 14.5. The van der Waals surface area contributed by atoms with Gasteiger partial charge in [0.25, 0.3) is 5.91 Å². The Morgan fingerprint density at radius 1 is 1.60 bits per heavy atom. The molecule has 2 heterocycles. The standard InChI is InChI=1S/C13H19N3O4/c1-3-19-12(17)8-16-11(7-9(2)15-16)14-13(18)10-5-4-6-20-10/h7,10H,3-6,8H2,1-2H3,(H,14,18)/t10-/m1/s1.